The van der Waals surface area contributed by atoms with E-state index in [0.717, 1.165) is 43.8 Å². The lowest BCUT2D eigenvalue weighted by Crippen LogP contribution is -2.24. The predicted octanol–water partition coefficient (Wildman–Crippen LogP) is 2.96. The summed E-state index contributed by atoms with van der Waals surface area (Å²) in [6.45, 7) is 8.23. The van der Waals surface area contributed by atoms with Crippen molar-refractivity contribution in [3.63, 3.8) is 0 Å². The van der Waals surface area contributed by atoms with Crippen LogP contribution in [0.5, 0.6) is 0 Å². The Morgan fingerprint density at radius 3 is 2.90 bits per heavy atom. The van der Waals surface area contributed by atoms with Gasteiger partial charge in [-0.15, -0.1) is 0 Å². The number of aromatic nitrogens is 2. The van der Waals surface area contributed by atoms with Crippen molar-refractivity contribution in [1.29, 1.82) is 0 Å². The van der Waals surface area contributed by atoms with Crippen molar-refractivity contribution >= 4 is 0 Å². The van der Waals surface area contributed by atoms with Gasteiger partial charge < -0.3 is 10.1 Å². The molecule has 1 aromatic heterocycles. The number of rotatable bonds is 7. The van der Waals surface area contributed by atoms with Crippen molar-refractivity contribution in [1.82, 2.24) is 15.5 Å². The molecule has 112 valence electrons. The lowest BCUT2D eigenvalue weighted by atomic mass is 9.97. The van der Waals surface area contributed by atoms with E-state index in [0.29, 0.717) is 12.1 Å². The molecular formula is C16H27N3O. The molecule has 1 aliphatic heterocycles. The summed E-state index contributed by atoms with van der Waals surface area (Å²) in [5.74, 6) is 0. The highest BCUT2D eigenvalue weighted by Crippen LogP contribution is 2.26. The summed E-state index contributed by atoms with van der Waals surface area (Å²) >= 11 is 0. The summed E-state index contributed by atoms with van der Waals surface area (Å²) in [5.41, 5.74) is 3.44. The first kappa shape index (κ1) is 15.4. The molecule has 1 saturated heterocycles. The zero-order valence-corrected chi connectivity index (χ0v) is 13.0. The Morgan fingerprint density at radius 2 is 2.25 bits per heavy atom. The molecule has 0 bridgehead atoms. The molecule has 1 aliphatic rings. The molecule has 1 fully saturated rings. The third kappa shape index (κ3) is 4.00. The first-order valence-electron chi connectivity index (χ1n) is 7.92. The second kappa shape index (κ2) is 7.70. The van der Waals surface area contributed by atoms with Gasteiger partial charge in [-0.05, 0) is 57.2 Å². The van der Waals surface area contributed by atoms with E-state index in [2.05, 4.69) is 35.4 Å². The van der Waals surface area contributed by atoms with E-state index in [1.807, 2.05) is 6.92 Å². The molecule has 1 N–H and O–H groups in total. The molecule has 0 aromatic carbocycles. The fourth-order valence-electron chi connectivity index (χ4n) is 2.95. The maximum atomic E-state index is 5.74. The van der Waals surface area contributed by atoms with Crippen molar-refractivity contribution in [3.05, 3.63) is 23.0 Å². The van der Waals surface area contributed by atoms with Crippen molar-refractivity contribution in [2.45, 2.75) is 65.0 Å². The Kier molecular flexibility index (Phi) is 5.92. The van der Waals surface area contributed by atoms with Crippen molar-refractivity contribution < 1.29 is 4.74 Å². The Morgan fingerprint density at radius 1 is 1.40 bits per heavy atom. The number of nitrogens with one attached hydrogen (secondary N) is 1. The minimum Gasteiger partial charge on any atom is -0.378 e. The lowest BCUT2D eigenvalue weighted by Gasteiger charge is -2.22. The average Bonchev–Trinajstić information content (AvgIpc) is 2.96. The van der Waals surface area contributed by atoms with Crippen LogP contribution in [0.15, 0.2) is 6.07 Å². The topological polar surface area (TPSA) is 47.0 Å². The van der Waals surface area contributed by atoms with E-state index in [1.54, 1.807) is 0 Å². The third-order valence-electron chi connectivity index (χ3n) is 3.99. The number of ether oxygens (including phenoxy) is 1. The largest absolute Gasteiger partial charge is 0.378 e. The third-order valence-corrected chi connectivity index (χ3v) is 3.99. The molecule has 2 atom stereocenters. The van der Waals surface area contributed by atoms with Crippen LogP contribution in [-0.4, -0.2) is 29.5 Å². The minimum atomic E-state index is 0.369. The second-order valence-corrected chi connectivity index (χ2v) is 5.56. The normalized spacial score (nSPS) is 20.2. The van der Waals surface area contributed by atoms with E-state index in [4.69, 9.17) is 4.74 Å². The molecule has 0 amide bonds. The van der Waals surface area contributed by atoms with Crippen LogP contribution in [-0.2, 0) is 11.2 Å². The fraction of sp³-hybridized carbons (Fsp3) is 0.750. The average molecular weight is 277 g/mol. The van der Waals surface area contributed by atoms with E-state index in [9.17, 15) is 0 Å². The summed E-state index contributed by atoms with van der Waals surface area (Å²) in [4.78, 5) is 0. The molecule has 4 nitrogen and oxygen atoms in total. The number of hydrogen-bond acceptors (Lipinski definition) is 4. The molecule has 2 heterocycles. The zero-order valence-electron chi connectivity index (χ0n) is 13.0. The first-order valence-corrected chi connectivity index (χ1v) is 7.92. The van der Waals surface area contributed by atoms with Crippen LogP contribution in [0, 0.1) is 6.92 Å². The molecule has 4 heteroatoms. The van der Waals surface area contributed by atoms with Gasteiger partial charge in [-0.25, -0.2) is 0 Å². The molecule has 20 heavy (non-hydrogen) atoms. The fourth-order valence-corrected chi connectivity index (χ4v) is 2.95. The van der Waals surface area contributed by atoms with E-state index in [-0.39, 0.29) is 0 Å². The quantitative estimate of drug-likeness (QED) is 0.832. The SMILES string of the molecule is CCNC(CCC1CCCO1)c1cc(C)nnc1CC. The van der Waals surface area contributed by atoms with Gasteiger partial charge >= 0.3 is 0 Å². The van der Waals surface area contributed by atoms with Gasteiger partial charge in [0.1, 0.15) is 0 Å². The molecule has 1 aromatic rings. The molecule has 2 rings (SSSR count). The standard InChI is InChI=1S/C16H27N3O/c1-4-15-14(11-12(3)18-19-15)16(17-5-2)9-8-13-7-6-10-20-13/h11,13,16-17H,4-10H2,1-3H3. The molecule has 0 saturated carbocycles. The van der Waals surface area contributed by atoms with Gasteiger partial charge in [0.05, 0.1) is 17.5 Å². The lowest BCUT2D eigenvalue weighted by molar-refractivity contribution is 0.0996. The molecule has 0 aliphatic carbocycles. The van der Waals surface area contributed by atoms with Gasteiger partial charge in [-0.2, -0.15) is 10.2 Å². The first-order chi connectivity index (χ1) is 9.74. The highest BCUT2D eigenvalue weighted by Gasteiger charge is 2.20. The van der Waals surface area contributed by atoms with Crippen LogP contribution >= 0.6 is 0 Å². The van der Waals surface area contributed by atoms with Crippen LogP contribution < -0.4 is 5.32 Å². The van der Waals surface area contributed by atoms with Gasteiger partial charge in [0.15, 0.2) is 0 Å². The minimum absolute atomic E-state index is 0.369. The van der Waals surface area contributed by atoms with E-state index < -0.39 is 0 Å². The molecular weight excluding hydrogens is 250 g/mol. The van der Waals surface area contributed by atoms with E-state index in [1.165, 1.54) is 18.4 Å². The van der Waals surface area contributed by atoms with Gasteiger partial charge in [-0.1, -0.05) is 13.8 Å². The van der Waals surface area contributed by atoms with Crippen LogP contribution in [0.3, 0.4) is 0 Å². The van der Waals surface area contributed by atoms with Crippen LogP contribution in [0.4, 0.5) is 0 Å². The summed E-state index contributed by atoms with van der Waals surface area (Å²) in [5, 5.41) is 12.1. The summed E-state index contributed by atoms with van der Waals surface area (Å²) in [6, 6.07) is 2.56. The number of nitrogens with zero attached hydrogens (tertiary/aromatic N) is 2. The van der Waals surface area contributed by atoms with Crippen LogP contribution in [0.2, 0.25) is 0 Å². The number of hydrogen-bond donors (Lipinski definition) is 1. The van der Waals surface area contributed by atoms with E-state index >= 15 is 0 Å². The Hall–Kier alpha value is -1.00. The second-order valence-electron chi connectivity index (χ2n) is 5.56. The van der Waals surface area contributed by atoms with Crippen molar-refractivity contribution in [2.75, 3.05) is 13.2 Å². The Balaban J connectivity index is 2.07. The van der Waals surface area contributed by atoms with Crippen molar-refractivity contribution in [2.24, 2.45) is 0 Å². The Bertz CT molecular complexity index is 416. The highest BCUT2D eigenvalue weighted by molar-refractivity contribution is 5.24. The smallest absolute Gasteiger partial charge is 0.0676 e. The van der Waals surface area contributed by atoms with Gasteiger partial charge in [0, 0.05) is 12.6 Å². The summed E-state index contributed by atoms with van der Waals surface area (Å²) in [7, 11) is 0. The van der Waals surface area contributed by atoms with Crippen LogP contribution in [0.1, 0.15) is 62.5 Å². The molecule has 0 spiro atoms. The number of aryl methyl sites for hydroxylation is 2. The Labute approximate surface area is 122 Å². The van der Waals surface area contributed by atoms with Gasteiger partial charge in [0.25, 0.3) is 0 Å². The zero-order chi connectivity index (χ0) is 14.4. The maximum Gasteiger partial charge on any atom is 0.0676 e. The van der Waals surface area contributed by atoms with Crippen LogP contribution in [0.25, 0.3) is 0 Å². The highest BCUT2D eigenvalue weighted by atomic mass is 16.5. The van der Waals surface area contributed by atoms with Crippen molar-refractivity contribution in [3.8, 4) is 0 Å². The predicted molar refractivity (Wildman–Crippen MR) is 80.8 cm³/mol. The monoisotopic (exact) mass is 277 g/mol. The van der Waals surface area contributed by atoms with Gasteiger partial charge in [0.2, 0.25) is 0 Å². The summed E-state index contributed by atoms with van der Waals surface area (Å²) in [6.07, 6.45) is 6.06. The molecule has 2 unspecified atom stereocenters. The maximum absolute atomic E-state index is 5.74. The van der Waals surface area contributed by atoms with Gasteiger partial charge in [-0.3, -0.25) is 0 Å². The molecule has 0 radical (unpaired) electrons. The summed E-state index contributed by atoms with van der Waals surface area (Å²) < 4.78 is 5.74.